The lowest BCUT2D eigenvalue weighted by Crippen LogP contribution is -2.67. The number of benzene rings is 3. The molecule has 5 atom stereocenters. The quantitative estimate of drug-likeness (QED) is 0.162. The monoisotopic (exact) mass is 688 g/mol. The maximum absolute atomic E-state index is 14.4. The Morgan fingerprint density at radius 3 is 1.88 bits per heavy atom. The van der Waals surface area contributed by atoms with E-state index in [9.17, 15) is 9.90 Å². The predicted molar refractivity (Wildman–Crippen MR) is 206 cm³/mol. The van der Waals surface area contributed by atoms with E-state index in [1.165, 1.54) is 10.4 Å². The van der Waals surface area contributed by atoms with Crippen molar-refractivity contribution < 1.29 is 23.8 Å². The number of carbonyl (C=O) groups is 1. The highest BCUT2D eigenvalue weighted by Gasteiger charge is 2.51. The number of aliphatic hydroxyl groups excluding tert-OH is 1. The highest BCUT2D eigenvalue weighted by atomic mass is 28.4. The SMILES string of the molecule is C.CC(CCC[C@H](C)[C@@H](O)C(Cc1ccccc1)C(=O)C(C)(C)C1CCOC(C)(C)O1)O[Si](c1ccccc1)(c1ccccc1)C(C)(C)C. The Balaban J connectivity index is 0.00000650. The Kier molecular flexibility index (Phi) is 14.2. The number of ketones is 1. The summed E-state index contributed by atoms with van der Waals surface area (Å²) in [6, 6.07) is 31.6. The maximum atomic E-state index is 14.4. The van der Waals surface area contributed by atoms with Gasteiger partial charge in [-0.25, -0.2) is 0 Å². The molecule has 1 N–H and O–H groups in total. The fourth-order valence-corrected chi connectivity index (χ4v) is 12.3. The lowest BCUT2D eigenvalue weighted by Gasteiger charge is -2.45. The van der Waals surface area contributed by atoms with Crippen molar-refractivity contribution in [3.8, 4) is 0 Å². The summed E-state index contributed by atoms with van der Waals surface area (Å²) in [4.78, 5) is 14.4. The first kappa shape index (κ1) is 40.8. The molecule has 1 saturated heterocycles. The molecule has 1 fully saturated rings. The lowest BCUT2D eigenvalue weighted by molar-refractivity contribution is -0.289. The number of hydrogen-bond donors (Lipinski definition) is 1. The molecule has 0 aromatic heterocycles. The fourth-order valence-electron chi connectivity index (χ4n) is 7.58. The Morgan fingerprint density at radius 1 is 0.878 bits per heavy atom. The van der Waals surface area contributed by atoms with Gasteiger partial charge in [0.05, 0.1) is 24.2 Å². The van der Waals surface area contributed by atoms with Crippen LogP contribution in [-0.4, -0.2) is 49.9 Å². The van der Waals surface area contributed by atoms with Crippen LogP contribution >= 0.6 is 0 Å². The van der Waals surface area contributed by atoms with Crippen molar-refractivity contribution in [1.29, 1.82) is 0 Å². The fraction of sp³-hybridized carbons (Fsp3) is 0.558. The summed E-state index contributed by atoms with van der Waals surface area (Å²) in [7, 11) is -2.65. The van der Waals surface area contributed by atoms with Crippen LogP contribution in [0.1, 0.15) is 101 Å². The summed E-state index contributed by atoms with van der Waals surface area (Å²) in [5.41, 5.74) is 0.276. The van der Waals surface area contributed by atoms with Gasteiger partial charge in [-0.05, 0) is 73.3 Å². The zero-order valence-electron chi connectivity index (χ0n) is 30.9. The van der Waals surface area contributed by atoms with Gasteiger partial charge in [-0.1, -0.05) is 146 Å². The zero-order valence-corrected chi connectivity index (χ0v) is 31.9. The normalized spacial score (nSPS) is 19.3. The number of Topliss-reactive ketones (excluding diaryl/α,β-unsaturated/α-hetero) is 1. The first-order valence-corrected chi connectivity index (χ1v) is 19.9. The van der Waals surface area contributed by atoms with Gasteiger partial charge in [-0.3, -0.25) is 4.79 Å². The minimum absolute atomic E-state index is 0. The average molecular weight is 689 g/mol. The van der Waals surface area contributed by atoms with E-state index in [4.69, 9.17) is 13.9 Å². The Morgan fingerprint density at radius 2 is 1.39 bits per heavy atom. The van der Waals surface area contributed by atoms with Crippen molar-refractivity contribution in [2.24, 2.45) is 17.3 Å². The molecular formula is C43H64O5Si. The molecular weight excluding hydrogens is 625 g/mol. The molecule has 0 spiro atoms. The van der Waals surface area contributed by atoms with Crippen LogP contribution in [-0.2, 0) is 25.1 Å². The molecule has 0 amide bonds. The summed E-state index contributed by atoms with van der Waals surface area (Å²) in [5, 5.41) is 14.4. The standard InChI is InChI=1S/C42H60O5Si.CH4/c1-31(20-19-21-32(2)47-48(40(3,4)5,34-24-15-11-16-25-34)35-26-17-12-18-27-35)38(43)36(30-33-22-13-10-14-23-33)39(44)41(6,7)37-28-29-45-42(8,9)46-37;/h10-18,22-27,31-32,36-38,43H,19-21,28-30H2,1-9H3;1H4/t31-,32?,36?,37?,38+;/m0./s1. The van der Waals surface area contributed by atoms with E-state index in [2.05, 4.69) is 95.3 Å². The van der Waals surface area contributed by atoms with Gasteiger partial charge in [0.1, 0.15) is 5.78 Å². The van der Waals surface area contributed by atoms with Crippen molar-refractivity contribution >= 4 is 24.5 Å². The summed E-state index contributed by atoms with van der Waals surface area (Å²) < 4.78 is 19.4. The van der Waals surface area contributed by atoms with E-state index in [1.54, 1.807) is 0 Å². The minimum Gasteiger partial charge on any atom is -0.405 e. The number of rotatable bonds is 15. The molecule has 0 saturated carbocycles. The van der Waals surface area contributed by atoms with Crippen LogP contribution in [0, 0.1) is 17.3 Å². The number of carbonyl (C=O) groups excluding carboxylic acids is 1. The molecule has 1 heterocycles. The summed E-state index contributed by atoms with van der Waals surface area (Å²) >= 11 is 0. The van der Waals surface area contributed by atoms with Crippen molar-refractivity contribution in [1.82, 2.24) is 0 Å². The summed E-state index contributed by atoms with van der Waals surface area (Å²) in [6.07, 6.45) is 2.67. The lowest BCUT2D eigenvalue weighted by atomic mass is 9.70. The van der Waals surface area contributed by atoms with E-state index < -0.39 is 31.5 Å². The van der Waals surface area contributed by atoms with Crippen molar-refractivity contribution in [2.75, 3.05) is 6.61 Å². The van der Waals surface area contributed by atoms with E-state index in [0.717, 1.165) is 24.8 Å². The van der Waals surface area contributed by atoms with Crippen molar-refractivity contribution in [2.45, 2.75) is 131 Å². The second-order valence-corrected chi connectivity index (χ2v) is 20.3. The van der Waals surface area contributed by atoms with Gasteiger partial charge in [0, 0.05) is 12.0 Å². The third-order valence-corrected chi connectivity index (χ3v) is 15.6. The Bertz CT molecular complexity index is 1380. The largest absolute Gasteiger partial charge is 0.405 e. The number of hydrogen-bond acceptors (Lipinski definition) is 5. The Labute approximate surface area is 298 Å². The Hall–Kier alpha value is -2.61. The maximum Gasteiger partial charge on any atom is 0.261 e. The van der Waals surface area contributed by atoms with Crippen LogP contribution in [0.2, 0.25) is 5.04 Å². The molecule has 3 aromatic carbocycles. The smallest absolute Gasteiger partial charge is 0.261 e. The van der Waals surface area contributed by atoms with Crippen molar-refractivity contribution in [3.63, 3.8) is 0 Å². The number of aliphatic hydroxyl groups is 1. The van der Waals surface area contributed by atoms with Gasteiger partial charge >= 0.3 is 0 Å². The van der Waals surface area contributed by atoms with Gasteiger partial charge < -0.3 is 19.0 Å². The molecule has 4 rings (SSSR count). The summed E-state index contributed by atoms with van der Waals surface area (Å²) in [5.74, 6) is -1.30. The molecule has 0 bridgehead atoms. The molecule has 0 radical (unpaired) electrons. The third kappa shape index (κ3) is 9.80. The van der Waals surface area contributed by atoms with Gasteiger partial charge in [0.15, 0.2) is 5.79 Å². The minimum atomic E-state index is -2.65. The predicted octanol–water partition coefficient (Wildman–Crippen LogP) is 8.75. The van der Waals surface area contributed by atoms with Crippen LogP contribution in [0.5, 0.6) is 0 Å². The number of ether oxygens (including phenoxy) is 2. The zero-order chi connectivity index (χ0) is 35.2. The molecule has 0 aliphatic carbocycles. The van der Waals surface area contributed by atoms with Gasteiger partial charge in [0.25, 0.3) is 8.32 Å². The van der Waals surface area contributed by atoms with Crippen LogP contribution in [0.3, 0.4) is 0 Å². The van der Waals surface area contributed by atoms with E-state index in [0.29, 0.717) is 19.4 Å². The van der Waals surface area contributed by atoms with Gasteiger partial charge in [0.2, 0.25) is 0 Å². The molecule has 3 aromatic rings. The molecule has 6 heteroatoms. The molecule has 5 nitrogen and oxygen atoms in total. The first-order valence-electron chi connectivity index (χ1n) is 18.0. The van der Waals surface area contributed by atoms with Gasteiger partial charge in [-0.2, -0.15) is 0 Å². The topological polar surface area (TPSA) is 65.0 Å². The third-order valence-electron chi connectivity index (χ3n) is 10.4. The van der Waals surface area contributed by atoms with Gasteiger partial charge in [-0.15, -0.1) is 0 Å². The molecule has 3 unspecified atom stereocenters. The first-order chi connectivity index (χ1) is 22.6. The van der Waals surface area contributed by atoms with Crippen LogP contribution in [0.25, 0.3) is 0 Å². The van der Waals surface area contributed by atoms with Crippen LogP contribution < -0.4 is 10.4 Å². The van der Waals surface area contributed by atoms with Crippen LogP contribution in [0.15, 0.2) is 91.0 Å². The van der Waals surface area contributed by atoms with E-state index in [-0.39, 0.29) is 36.4 Å². The molecule has 1 aliphatic rings. The second-order valence-electron chi connectivity index (χ2n) is 16.0. The molecule has 270 valence electrons. The van der Waals surface area contributed by atoms with E-state index in [1.807, 2.05) is 58.0 Å². The second kappa shape index (κ2) is 17.1. The average Bonchev–Trinajstić information content (AvgIpc) is 3.05. The van der Waals surface area contributed by atoms with E-state index >= 15 is 0 Å². The molecule has 49 heavy (non-hydrogen) atoms. The highest BCUT2D eigenvalue weighted by Crippen LogP contribution is 2.40. The summed E-state index contributed by atoms with van der Waals surface area (Å²) in [6.45, 7) is 19.5. The highest BCUT2D eigenvalue weighted by molar-refractivity contribution is 6.99. The van der Waals surface area contributed by atoms with Crippen molar-refractivity contribution in [3.05, 3.63) is 96.6 Å². The molecule has 1 aliphatic heterocycles. The van der Waals surface area contributed by atoms with Crippen LogP contribution in [0.4, 0.5) is 0 Å².